The highest BCUT2D eigenvalue weighted by molar-refractivity contribution is 7.86. The van der Waals surface area contributed by atoms with Gasteiger partial charge in [0.15, 0.2) is 0 Å². The van der Waals surface area contributed by atoms with E-state index in [4.69, 9.17) is 18.5 Å². The normalized spacial score (nSPS) is 26.1. The Morgan fingerprint density at radius 2 is 1.44 bits per heavy atom. The first-order valence-corrected chi connectivity index (χ1v) is 16.4. The number of esters is 2. The minimum atomic E-state index is -4.45. The molecular weight excluding hydrogens is 578 g/mol. The molecule has 1 aromatic rings. The van der Waals surface area contributed by atoms with Crippen molar-refractivity contribution in [3.63, 3.8) is 0 Å². The van der Waals surface area contributed by atoms with Crippen LogP contribution in [0.3, 0.4) is 0 Å². The number of benzene rings is 1. The second-order valence-corrected chi connectivity index (χ2v) is 15.4. The van der Waals surface area contributed by atoms with Gasteiger partial charge in [0.1, 0.15) is 19.0 Å². The molecule has 2 amide bonds. The van der Waals surface area contributed by atoms with E-state index in [0.29, 0.717) is 30.7 Å². The molecule has 4 rings (SSSR count). The summed E-state index contributed by atoms with van der Waals surface area (Å²) in [5.41, 5.74) is -1.66. The molecule has 3 aliphatic heterocycles. The molecule has 238 valence electrons. The Morgan fingerprint density at radius 3 is 1.98 bits per heavy atom. The van der Waals surface area contributed by atoms with Gasteiger partial charge >= 0.3 is 11.9 Å². The van der Waals surface area contributed by atoms with Gasteiger partial charge in [-0.1, -0.05) is 58.0 Å². The lowest BCUT2D eigenvalue weighted by Crippen LogP contribution is -2.42. The van der Waals surface area contributed by atoms with Crippen LogP contribution in [0, 0.1) is 28.1 Å². The third-order valence-electron chi connectivity index (χ3n) is 8.68. The van der Waals surface area contributed by atoms with E-state index in [1.807, 2.05) is 58.0 Å². The highest BCUT2D eigenvalue weighted by Gasteiger charge is 2.63. The average Bonchev–Trinajstić information content (AvgIpc) is 3.61. The zero-order valence-electron chi connectivity index (χ0n) is 25.8. The van der Waals surface area contributed by atoms with Crippen LogP contribution in [-0.4, -0.2) is 61.8 Å². The highest BCUT2D eigenvalue weighted by Crippen LogP contribution is 2.49. The van der Waals surface area contributed by atoms with Crippen LogP contribution in [0.5, 0.6) is 0 Å². The number of fused-ring (bicyclic) bond motifs is 5. The lowest BCUT2D eigenvalue weighted by Gasteiger charge is -2.39. The van der Waals surface area contributed by atoms with Crippen molar-refractivity contribution in [2.75, 3.05) is 12.4 Å². The Kier molecular flexibility index (Phi) is 9.44. The number of imide groups is 1. The number of nitrogens with zero attached hydrogens (tertiary/aromatic N) is 1. The molecule has 0 aromatic heterocycles. The predicted octanol–water partition coefficient (Wildman–Crippen LogP) is 3.95. The van der Waals surface area contributed by atoms with Gasteiger partial charge in [0, 0.05) is 0 Å². The number of carbonyl (C=O) groups excluding carboxylic acids is 4. The van der Waals surface area contributed by atoms with Crippen molar-refractivity contribution in [2.45, 2.75) is 92.5 Å². The van der Waals surface area contributed by atoms with Gasteiger partial charge in [0.2, 0.25) is 0 Å². The van der Waals surface area contributed by atoms with Crippen molar-refractivity contribution in [1.29, 1.82) is 0 Å². The minimum Gasteiger partial charge on any atom is -0.464 e. The Balaban J connectivity index is 1.38. The lowest BCUT2D eigenvalue weighted by atomic mass is 9.65. The lowest BCUT2D eigenvalue weighted by molar-refractivity contribution is -0.169. The van der Waals surface area contributed by atoms with Crippen LogP contribution in [0.4, 0.5) is 0 Å². The molecule has 6 atom stereocenters. The van der Waals surface area contributed by atoms with Gasteiger partial charge in [-0.3, -0.25) is 19.2 Å². The SMILES string of the molecule is CCC(C)(CC(C)(CC(C)(C)C)C(=O)OCCS(=O)(=O)ON1C(=O)C2C3CCC(O3)C2C1=O)C(=O)OCc1ccccc1. The van der Waals surface area contributed by atoms with Gasteiger partial charge in [-0.05, 0) is 56.9 Å². The van der Waals surface area contributed by atoms with Gasteiger partial charge in [-0.15, -0.1) is 9.35 Å². The van der Waals surface area contributed by atoms with Crippen LogP contribution in [-0.2, 0) is 54.4 Å². The summed E-state index contributed by atoms with van der Waals surface area (Å²) in [6, 6.07) is 9.29. The molecule has 0 N–H and O–H groups in total. The summed E-state index contributed by atoms with van der Waals surface area (Å²) >= 11 is 0. The standard InChI is InChI=1S/C31H43NO10S/c1-7-30(5,27(35)40-17-20-11-9-8-10-12-20)19-31(6,18-29(2,3)4)28(36)39-15-16-43(37,38)42-32-25(33)23-21-13-14-22(41-21)24(23)26(32)34/h8-12,21-24H,7,13-19H2,1-6H3. The zero-order chi connectivity index (χ0) is 31.8. The Morgan fingerprint density at radius 1 is 0.884 bits per heavy atom. The Hall–Kier alpha value is -2.83. The number of hydrogen-bond acceptors (Lipinski definition) is 10. The Bertz CT molecular complexity index is 1310. The van der Waals surface area contributed by atoms with Gasteiger partial charge in [0.05, 0.1) is 34.9 Å². The summed E-state index contributed by atoms with van der Waals surface area (Å²) in [7, 11) is -4.45. The molecule has 0 aliphatic carbocycles. The molecular formula is C31H43NO10S. The number of hydroxylamine groups is 2. The average molecular weight is 622 g/mol. The maximum atomic E-state index is 13.5. The van der Waals surface area contributed by atoms with Gasteiger partial charge < -0.3 is 14.2 Å². The summed E-state index contributed by atoms with van der Waals surface area (Å²) in [4.78, 5) is 52.4. The smallest absolute Gasteiger partial charge is 0.312 e. The van der Waals surface area contributed by atoms with E-state index < -0.39 is 81.1 Å². The number of carbonyl (C=O) groups is 4. The van der Waals surface area contributed by atoms with Crippen molar-refractivity contribution in [3.8, 4) is 0 Å². The van der Waals surface area contributed by atoms with E-state index in [1.54, 1.807) is 13.8 Å². The Labute approximate surface area is 253 Å². The number of ether oxygens (including phenoxy) is 3. The second kappa shape index (κ2) is 12.3. The molecule has 12 heteroatoms. The third kappa shape index (κ3) is 7.29. The molecule has 43 heavy (non-hydrogen) atoms. The summed E-state index contributed by atoms with van der Waals surface area (Å²) in [5, 5.41) is 0.331. The summed E-state index contributed by atoms with van der Waals surface area (Å²) in [5.74, 6) is -4.77. The maximum Gasteiger partial charge on any atom is 0.312 e. The van der Waals surface area contributed by atoms with Crippen LogP contribution in [0.15, 0.2) is 30.3 Å². The molecule has 3 fully saturated rings. The van der Waals surface area contributed by atoms with E-state index in [9.17, 15) is 27.6 Å². The molecule has 0 saturated carbocycles. The maximum absolute atomic E-state index is 13.5. The van der Waals surface area contributed by atoms with Gasteiger partial charge in [0.25, 0.3) is 21.9 Å². The molecule has 3 saturated heterocycles. The minimum absolute atomic E-state index is 0.103. The highest BCUT2D eigenvalue weighted by atomic mass is 32.2. The first kappa shape index (κ1) is 33.1. The molecule has 11 nitrogen and oxygen atoms in total. The third-order valence-corrected chi connectivity index (χ3v) is 9.72. The summed E-state index contributed by atoms with van der Waals surface area (Å²) < 4.78 is 47.1. The van der Waals surface area contributed by atoms with Crippen molar-refractivity contribution in [3.05, 3.63) is 35.9 Å². The largest absolute Gasteiger partial charge is 0.464 e. The molecule has 3 heterocycles. The monoisotopic (exact) mass is 621 g/mol. The predicted molar refractivity (Wildman–Crippen MR) is 154 cm³/mol. The van der Waals surface area contributed by atoms with E-state index in [0.717, 1.165) is 5.56 Å². The molecule has 0 spiro atoms. The number of hydrogen-bond donors (Lipinski definition) is 0. The van der Waals surface area contributed by atoms with Crippen molar-refractivity contribution >= 4 is 33.9 Å². The molecule has 0 radical (unpaired) electrons. The zero-order valence-corrected chi connectivity index (χ0v) is 26.6. The fourth-order valence-electron chi connectivity index (χ4n) is 6.80. The van der Waals surface area contributed by atoms with Crippen molar-refractivity contribution < 1.29 is 46.1 Å². The number of rotatable bonds is 13. The fraction of sp³-hybridized carbons (Fsp3) is 0.677. The van der Waals surface area contributed by atoms with E-state index in [1.165, 1.54) is 0 Å². The van der Waals surface area contributed by atoms with Crippen LogP contribution >= 0.6 is 0 Å². The first-order valence-electron chi connectivity index (χ1n) is 14.8. The first-order chi connectivity index (χ1) is 20.0. The fourth-order valence-corrected chi connectivity index (χ4v) is 7.53. The molecule has 3 aliphatic rings. The molecule has 6 unspecified atom stereocenters. The van der Waals surface area contributed by atoms with Crippen LogP contribution in [0.1, 0.15) is 79.2 Å². The quantitative estimate of drug-likeness (QED) is 0.235. The van der Waals surface area contributed by atoms with Crippen molar-refractivity contribution in [1.82, 2.24) is 5.06 Å². The number of amides is 2. The summed E-state index contributed by atoms with van der Waals surface area (Å²) in [6.07, 6.45) is 1.33. The van der Waals surface area contributed by atoms with E-state index in [-0.39, 0.29) is 18.4 Å². The summed E-state index contributed by atoms with van der Waals surface area (Å²) in [6.45, 7) is 10.7. The van der Waals surface area contributed by atoms with Crippen LogP contribution < -0.4 is 0 Å². The molecule has 1 aromatic carbocycles. The van der Waals surface area contributed by atoms with Gasteiger partial charge in [-0.25, -0.2) is 0 Å². The van der Waals surface area contributed by atoms with Crippen LogP contribution in [0.2, 0.25) is 0 Å². The van der Waals surface area contributed by atoms with Crippen LogP contribution in [0.25, 0.3) is 0 Å². The molecule has 2 bridgehead atoms. The second-order valence-electron chi connectivity index (χ2n) is 13.7. The van der Waals surface area contributed by atoms with E-state index in [2.05, 4.69) is 0 Å². The topological polar surface area (TPSA) is 143 Å². The van der Waals surface area contributed by atoms with E-state index >= 15 is 0 Å². The van der Waals surface area contributed by atoms with Crippen molar-refractivity contribution in [2.24, 2.45) is 28.1 Å². The van der Waals surface area contributed by atoms with Gasteiger partial charge in [-0.2, -0.15) is 8.42 Å².